The van der Waals surface area contributed by atoms with E-state index in [0.717, 1.165) is 0 Å². The Morgan fingerprint density at radius 2 is 1.86 bits per heavy atom. The van der Waals surface area contributed by atoms with Gasteiger partial charge in [0.1, 0.15) is 5.78 Å². The largest absolute Gasteiger partial charge is 0.393 e. The average molecular weight is 202 g/mol. The number of rotatable bonds is 6. The molecular weight excluding hydrogens is 180 g/mol. The van der Waals surface area contributed by atoms with Gasteiger partial charge in [-0.05, 0) is 20.3 Å². The maximum Gasteiger partial charge on any atom is 0.135 e. The first-order valence-corrected chi connectivity index (χ1v) is 5.21. The fourth-order valence-corrected chi connectivity index (χ4v) is 1.84. The third-order valence-electron chi connectivity index (χ3n) is 2.38. The minimum absolute atomic E-state index is 0.131. The van der Waals surface area contributed by atoms with Gasteiger partial charge >= 0.3 is 0 Å². The summed E-state index contributed by atoms with van der Waals surface area (Å²) in [6.45, 7) is 6.95. The Morgan fingerprint density at radius 3 is 2.21 bits per heavy atom. The van der Waals surface area contributed by atoms with Crippen molar-refractivity contribution in [3.63, 3.8) is 0 Å². The SMILES string of the molecule is CCC(=O)[C@@H](C)C[C@@](C)(O)C[C@@H](C)O. The first kappa shape index (κ1) is 13.6. The molecule has 84 valence electrons. The second-order valence-corrected chi connectivity index (χ2v) is 4.48. The zero-order chi connectivity index (χ0) is 11.4. The third-order valence-corrected chi connectivity index (χ3v) is 2.38. The van der Waals surface area contributed by atoms with Gasteiger partial charge in [0.15, 0.2) is 0 Å². The smallest absolute Gasteiger partial charge is 0.135 e. The van der Waals surface area contributed by atoms with Crippen LogP contribution in [0.25, 0.3) is 0 Å². The number of hydrogen-bond acceptors (Lipinski definition) is 3. The molecule has 0 rings (SSSR count). The Balaban J connectivity index is 4.14. The van der Waals surface area contributed by atoms with Crippen LogP contribution in [0.2, 0.25) is 0 Å². The molecule has 0 aliphatic heterocycles. The monoisotopic (exact) mass is 202 g/mol. The van der Waals surface area contributed by atoms with Crippen molar-refractivity contribution < 1.29 is 15.0 Å². The van der Waals surface area contributed by atoms with Gasteiger partial charge in [-0.15, -0.1) is 0 Å². The van der Waals surface area contributed by atoms with Crippen LogP contribution in [0.1, 0.15) is 47.0 Å². The van der Waals surface area contributed by atoms with E-state index in [9.17, 15) is 9.90 Å². The second kappa shape index (κ2) is 5.47. The summed E-state index contributed by atoms with van der Waals surface area (Å²) in [4.78, 5) is 11.3. The van der Waals surface area contributed by atoms with E-state index in [4.69, 9.17) is 5.11 Å². The quantitative estimate of drug-likeness (QED) is 0.686. The second-order valence-electron chi connectivity index (χ2n) is 4.48. The minimum atomic E-state index is -0.946. The van der Waals surface area contributed by atoms with Crippen LogP contribution in [0, 0.1) is 5.92 Å². The molecule has 0 saturated heterocycles. The van der Waals surface area contributed by atoms with Crippen molar-refractivity contribution in [2.75, 3.05) is 0 Å². The molecule has 0 aromatic rings. The maximum atomic E-state index is 11.3. The molecular formula is C11H22O3. The summed E-state index contributed by atoms with van der Waals surface area (Å²) in [6, 6.07) is 0. The fraction of sp³-hybridized carbons (Fsp3) is 0.909. The molecule has 0 saturated carbocycles. The van der Waals surface area contributed by atoms with Gasteiger partial charge < -0.3 is 10.2 Å². The molecule has 0 bridgehead atoms. The first-order valence-electron chi connectivity index (χ1n) is 5.21. The highest BCUT2D eigenvalue weighted by atomic mass is 16.3. The van der Waals surface area contributed by atoms with Crippen molar-refractivity contribution in [3.05, 3.63) is 0 Å². The van der Waals surface area contributed by atoms with Crippen molar-refractivity contribution in [1.82, 2.24) is 0 Å². The molecule has 14 heavy (non-hydrogen) atoms. The van der Waals surface area contributed by atoms with Crippen LogP contribution >= 0.6 is 0 Å². The molecule has 3 atom stereocenters. The summed E-state index contributed by atoms with van der Waals surface area (Å²) in [7, 11) is 0. The van der Waals surface area contributed by atoms with Crippen molar-refractivity contribution in [2.45, 2.75) is 58.7 Å². The summed E-state index contributed by atoms with van der Waals surface area (Å²) in [5.41, 5.74) is -0.946. The number of aliphatic hydroxyl groups is 2. The average Bonchev–Trinajstić information content (AvgIpc) is 1.99. The summed E-state index contributed by atoms with van der Waals surface area (Å²) in [5.74, 6) is 0.0321. The molecule has 0 unspecified atom stereocenters. The lowest BCUT2D eigenvalue weighted by atomic mass is 9.86. The molecule has 3 nitrogen and oxygen atoms in total. The number of carbonyl (C=O) groups excluding carboxylic acids is 1. The predicted molar refractivity (Wildman–Crippen MR) is 56.0 cm³/mol. The number of Topliss-reactive ketones (excluding diaryl/α,β-unsaturated/α-hetero) is 1. The highest BCUT2D eigenvalue weighted by Gasteiger charge is 2.27. The topological polar surface area (TPSA) is 57.5 Å². The lowest BCUT2D eigenvalue weighted by Gasteiger charge is -2.27. The number of aliphatic hydroxyl groups excluding tert-OH is 1. The standard InChI is InChI=1S/C11H22O3/c1-5-10(13)8(2)6-11(4,14)7-9(3)12/h8-9,12,14H,5-7H2,1-4H3/t8-,9+,11+/m0/s1. The molecule has 0 aliphatic rings. The zero-order valence-corrected chi connectivity index (χ0v) is 9.58. The number of ketones is 1. The van der Waals surface area contributed by atoms with Gasteiger partial charge in [0.25, 0.3) is 0 Å². The van der Waals surface area contributed by atoms with Crippen LogP contribution in [-0.2, 0) is 4.79 Å². The van der Waals surface area contributed by atoms with E-state index in [2.05, 4.69) is 0 Å². The van der Waals surface area contributed by atoms with E-state index >= 15 is 0 Å². The Morgan fingerprint density at radius 1 is 1.36 bits per heavy atom. The number of hydrogen-bond donors (Lipinski definition) is 2. The normalized spacial score (nSPS) is 19.9. The van der Waals surface area contributed by atoms with Gasteiger partial charge in [0, 0.05) is 18.8 Å². The van der Waals surface area contributed by atoms with Gasteiger partial charge in [0.2, 0.25) is 0 Å². The lowest BCUT2D eigenvalue weighted by molar-refractivity contribution is -0.124. The minimum Gasteiger partial charge on any atom is -0.393 e. The fourth-order valence-electron chi connectivity index (χ4n) is 1.84. The van der Waals surface area contributed by atoms with Crippen LogP contribution in [0.4, 0.5) is 0 Å². The summed E-state index contributed by atoms with van der Waals surface area (Å²) >= 11 is 0. The predicted octanol–water partition coefficient (Wildman–Crippen LogP) is 1.51. The van der Waals surface area contributed by atoms with Crippen molar-refractivity contribution in [3.8, 4) is 0 Å². The van der Waals surface area contributed by atoms with E-state index in [1.807, 2.05) is 13.8 Å². The lowest BCUT2D eigenvalue weighted by Crippen LogP contribution is -2.32. The van der Waals surface area contributed by atoms with Crippen molar-refractivity contribution in [1.29, 1.82) is 0 Å². The third kappa shape index (κ3) is 5.35. The van der Waals surface area contributed by atoms with Crippen molar-refractivity contribution >= 4 is 5.78 Å². The van der Waals surface area contributed by atoms with E-state index in [-0.39, 0.29) is 11.7 Å². The maximum absolute atomic E-state index is 11.3. The van der Waals surface area contributed by atoms with Gasteiger partial charge in [0.05, 0.1) is 11.7 Å². The summed E-state index contributed by atoms with van der Waals surface area (Å²) in [6.07, 6.45) is 0.708. The van der Waals surface area contributed by atoms with Crippen LogP contribution in [-0.4, -0.2) is 27.7 Å². The van der Waals surface area contributed by atoms with Crippen LogP contribution in [0.5, 0.6) is 0 Å². The van der Waals surface area contributed by atoms with Gasteiger partial charge in [-0.1, -0.05) is 13.8 Å². The molecule has 0 aromatic carbocycles. The van der Waals surface area contributed by atoms with Crippen LogP contribution in [0.15, 0.2) is 0 Å². The zero-order valence-electron chi connectivity index (χ0n) is 9.58. The first-order chi connectivity index (χ1) is 6.28. The molecule has 0 aromatic heterocycles. The summed E-state index contributed by atoms with van der Waals surface area (Å²) in [5, 5.41) is 19.0. The molecule has 3 heteroatoms. The number of carbonyl (C=O) groups is 1. The summed E-state index contributed by atoms with van der Waals surface area (Å²) < 4.78 is 0. The molecule has 0 spiro atoms. The van der Waals surface area contributed by atoms with Crippen LogP contribution < -0.4 is 0 Å². The molecule has 0 aliphatic carbocycles. The Hall–Kier alpha value is -0.410. The molecule has 0 amide bonds. The Bertz CT molecular complexity index is 185. The Labute approximate surface area is 86.1 Å². The van der Waals surface area contributed by atoms with Crippen molar-refractivity contribution in [2.24, 2.45) is 5.92 Å². The van der Waals surface area contributed by atoms with Gasteiger partial charge in [-0.2, -0.15) is 0 Å². The van der Waals surface area contributed by atoms with Gasteiger partial charge in [-0.25, -0.2) is 0 Å². The highest BCUT2D eigenvalue weighted by Crippen LogP contribution is 2.23. The molecule has 2 N–H and O–H groups in total. The molecule has 0 heterocycles. The van der Waals surface area contributed by atoms with E-state index in [1.54, 1.807) is 13.8 Å². The van der Waals surface area contributed by atoms with Crippen LogP contribution in [0.3, 0.4) is 0 Å². The van der Waals surface area contributed by atoms with E-state index in [0.29, 0.717) is 19.3 Å². The molecule has 0 radical (unpaired) electrons. The van der Waals surface area contributed by atoms with E-state index in [1.165, 1.54) is 0 Å². The van der Waals surface area contributed by atoms with E-state index < -0.39 is 11.7 Å². The highest BCUT2D eigenvalue weighted by molar-refractivity contribution is 5.80. The molecule has 0 fully saturated rings. The Kier molecular flexibility index (Phi) is 5.31. The van der Waals surface area contributed by atoms with Gasteiger partial charge in [-0.3, -0.25) is 4.79 Å².